The van der Waals surface area contributed by atoms with E-state index in [-0.39, 0.29) is 17.6 Å². The standard InChI is InChI=1S/C12H15N3O3S/c16-11(17)8-5-10(7-13-6-8)15-12(18)14-9-1-3-19-4-2-9/h5-7,9H,1-4H2,(H,16,17)(H2,14,15,18). The molecule has 2 amide bonds. The van der Waals surface area contributed by atoms with Crippen molar-refractivity contribution in [2.24, 2.45) is 0 Å². The van der Waals surface area contributed by atoms with Crippen molar-refractivity contribution in [2.45, 2.75) is 18.9 Å². The number of carbonyl (C=O) groups excluding carboxylic acids is 1. The zero-order valence-electron chi connectivity index (χ0n) is 10.3. The van der Waals surface area contributed by atoms with Crippen LogP contribution in [0.1, 0.15) is 23.2 Å². The Morgan fingerprint density at radius 2 is 2.05 bits per heavy atom. The molecule has 1 saturated heterocycles. The van der Waals surface area contributed by atoms with E-state index in [9.17, 15) is 9.59 Å². The molecule has 19 heavy (non-hydrogen) atoms. The summed E-state index contributed by atoms with van der Waals surface area (Å²) >= 11 is 1.89. The molecule has 0 aromatic carbocycles. The van der Waals surface area contributed by atoms with Gasteiger partial charge < -0.3 is 15.7 Å². The van der Waals surface area contributed by atoms with Gasteiger partial charge >= 0.3 is 12.0 Å². The number of rotatable bonds is 3. The Hall–Kier alpha value is -1.76. The van der Waals surface area contributed by atoms with Crippen LogP contribution in [-0.2, 0) is 0 Å². The zero-order chi connectivity index (χ0) is 13.7. The monoisotopic (exact) mass is 281 g/mol. The molecule has 0 spiro atoms. The van der Waals surface area contributed by atoms with Crippen molar-refractivity contribution in [3.8, 4) is 0 Å². The predicted molar refractivity (Wildman–Crippen MR) is 73.7 cm³/mol. The van der Waals surface area contributed by atoms with Crippen LogP contribution < -0.4 is 10.6 Å². The summed E-state index contributed by atoms with van der Waals surface area (Å²) in [4.78, 5) is 26.3. The largest absolute Gasteiger partial charge is 0.478 e. The van der Waals surface area contributed by atoms with Crippen LogP contribution in [0.4, 0.5) is 10.5 Å². The average Bonchev–Trinajstić information content (AvgIpc) is 2.40. The van der Waals surface area contributed by atoms with Crippen LogP contribution in [0, 0.1) is 0 Å². The maximum absolute atomic E-state index is 11.8. The molecule has 1 aliphatic rings. The van der Waals surface area contributed by atoms with Crippen LogP contribution in [0.2, 0.25) is 0 Å². The number of thioether (sulfide) groups is 1. The highest BCUT2D eigenvalue weighted by atomic mass is 32.2. The molecule has 0 aliphatic carbocycles. The normalized spacial score (nSPS) is 15.8. The van der Waals surface area contributed by atoms with E-state index < -0.39 is 5.97 Å². The number of carboxylic acids is 1. The average molecular weight is 281 g/mol. The first-order valence-corrected chi connectivity index (χ1v) is 7.14. The first-order valence-electron chi connectivity index (χ1n) is 5.99. The van der Waals surface area contributed by atoms with Crippen LogP contribution in [0.25, 0.3) is 0 Å². The molecule has 7 heteroatoms. The van der Waals surface area contributed by atoms with Crippen molar-refractivity contribution in [3.05, 3.63) is 24.0 Å². The second-order valence-corrected chi connectivity index (χ2v) is 5.48. The third kappa shape index (κ3) is 4.13. The van der Waals surface area contributed by atoms with Crippen LogP contribution in [-0.4, -0.2) is 39.6 Å². The molecular formula is C12H15N3O3S. The van der Waals surface area contributed by atoms with Crippen molar-refractivity contribution in [2.75, 3.05) is 16.8 Å². The molecule has 2 rings (SSSR count). The fourth-order valence-corrected chi connectivity index (χ4v) is 2.93. The maximum Gasteiger partial charge on any atom is 0.337 e. The molecule has 1 aromatic rings. The van der Waals surface area contributed by atoms with Crippen molar-refractivity contribution < 1.29 is 14.7 Å². The highest BCUT2D eigenvalue weighted by Gasteiger charge is 2.16. The number of nitrogens with zero attached hydrogens (tertiary/aromatic N) is 1. The van der Waals surface area contributed by atoms with Crippen LogP contribution >= 0.6 is 11.8 Å². The first kappa shape index (κ1) is 13.7. The molecule has 1 aliphatic heterocycles. The van der Waals surface area contributed by atoms with Gasteiger partial charge in [0.05, 0.1) is 17.4 Å². The van der Waals surface area contributed by atoms with Crippen molar-refractivity contribution in [3.63, 3.8) is 0 Å². The molecule has 6 nitrogen and oxygen atoms in total. The van der Waals surface area contributed by atoms with E-state index >= 15 is 0 Å². The van der Waals surface area contributed by atoms with E-state index in [1.165, 1.54) is 18.5 Å². The van der Waals surface area contributed by atoms with Gasteiger partial charge in [-0.05, 0) is 30.4 Å². The van der Waals surface area contributed by atoms with Gasteiger partial charge in [-0.1, -0.05) is 0 Å². The quantitative estimate of drug-likeness (QED) is 0.785. The van der Waals surface area contributed by atoms with Crippen LogP contribution in [0.15, 0.2) is 18.5 Å². The molecule has 0 radical (unpaired) electrons. The number of hydrogen-bond acceptors (Lipinski definition) is 4. The van der Waals surface area contributed by atoms with Crippen LogP contribution in [0.3, 0.4) is 0 Å². The minimum absolute atomic E-state index is 0.0480. The third-order valence-electron chi connectivity index (χ3n) is 2.80. The van der Waals surface area contributed by atoms with Gasteiger partial charge in [0, 0.05) is 12.2 Å². The van der Waals surface area contributed by atoms with Gasteiger partial charge in [0.2, 0.25) is 0 Å². The number of carboxylic acid groups (broad SMARTS) is 1. The highest BCUT2D eigenvalue weighted by Crippen LogP contribution is 2.17. The lowest BCUT2D eigenvalue weighted by molar-refractivity contribution is 0.0696. The summed E-state index contributed by atoms with van der Waals surface area (Å²) < 4.78 is 0. The number of hydrogen-bond donors (Lipinski definition) is 3. The van der Waals surface area contributed by atoms with E-state index in [0.717, 1.165) is 24.3 Å². The summed E-state index contributed by atoms with van der Waals surface area (Å²) in [7, 11) is 0. The number of pyridine rings is 1. The van der Waals surface area contributed by atoms with Gasteiger partial charge in [-0.15, -0.1) is 0 Å². The van der Waals surface area contributed by atoms with E-state index in [1.54, 1.807) is 0 Å². The molecule has 0 unspecified atom stereocenters. The second kappa shape index (κ2) is 6.42. The molecule has 102 valence electrons. The number of aromatic carboxylic acids is 1. The lowest BCUT2D eigenvalue weighted by atomic mass is 10.2. The van der Waals surface area contributed by atoms with Gasteiger partial charge in [0.1, 0.15) is 0 Å². The van der Waals surface area contributed by atoms with Gasteiger partial charge in [-0.2, -0.15) is 11.8 Å². The Balaban J connectivity index is 1.90. The van der Waals surface area contributed by atoms with Crippen molar-refractivity contribution in [1.82, 2.24) is 10.3 Å². The van der Waals surface area contributed by atoms with E-state index in [4.69, 9.17) is 5.11 Å². The molecule has 2 heterocycles. The number of aromatic nitrogens is 1. The Bertz CT molecular complexity index is 475. The highest BCUT2D eigenvalue weighted by molar-refractivity contribution is 7.99. The number of urea groups is 1. The number of carbonyl (C=O) groups is 2. The zero-order valence-corrected chi connectivity index (χ0v) is 11.1. The maximum atomic E-state index is 11.8. The summed E-state index contributed by atoms with van der Waals surface area (Å²) in [6.07, 6.45) is 4.59. The van der Waals surface area contributed by atoms with Crippen molar-refractivity contribution in [1.29, 1.82) is 0 Å². The SMILES string of the molecule is O=C(Nc1cncc(C(=O)O)c1)NC1CCSCC1. The van der Waals surface area contributed by atoms with E-state index in [0.29, 0.717) is 5.69 Å². The lowest BCUT2D eigenvalue weighted by Gasteiger charge is -2.22. The number of anilines is 1. The minimum Gasteiger partial charge on any atom is -0.478 e. The second-order valence-electron chi connectivity index (χ2n) is 4.25. The number of nitrogens with one attached hydrogen (secondary N) is 2. The van der Waals surface area contributed by atoms with Crippen molar-refractivity contribution >= 4 is 29.4 Å². The van der Waals surface area contributed by atoms with Gasteiger partial charge in [-0.25, -0.2) is 9.59 Å². The third-order valence-corrected chi connectivity index (χ3v) is 3.85. The minimum atomic E-state index is -1.07. The summed E-state index contributed by atoms with van der Waals surface area (Å²) in [5.74, 6) is 1.04. The summed E-state index contributed by atoms with van der Waals surface area (Å²) in [6.45, 7) is 0. The fourth-order valence-electron chi connectivity index (χ4n) is 1.82. The smallest absolute Gasteiger partial charge is 0.337 e. The van der Waals surface area contributed by atoms with E-state index in [1.807, 2.05) is 11.8 Å². The molecule has 3 N–H and O–H groups in total. The Morgan fingerprint density at radius 1 is 1.32 bits per heavy atom. The molecule has 0 atom stereocenters. The number of amides is 2. The molecule has 0 bridgehead atoms. The molecule has 0 saturated carbocycles. The predicted octanol–water partition coefficient (Wildman–Crippen LogP) is 1.80. The molecule has 1 aromatic heterocycles. The van der Waals surface area contributed by atoms with E-state index in [2.05, 4.69) is 15.6 Å². The Labute approximate surface area is 115 Å². The Kier molecular flexibility index (Phi) is 4.62. The fraction of sp³-hybridized carbons (Fsp3) is 0.417. The molecule has 1 fully saturated rings. The molecular weight excluding hydrogens is 266 g/mol. The van der Waals surface area contributed by atoms with Crippen LogP contribution in [0.5, 0.6) is 0 Å². The summed E-state index contributed by atoms with van der Waals surface area (Å²) in [5.41, 5.74) is 0.425. The summed E-state index contributed by atoms with van der Waals surface area (Å²) in [5, 5.41) is 14.3. The van der Waals surface area contributed by atoms with Gasteiger partial charge in [0.25, 0.3) is 0 Å². The topological polar surface area (TPSA) is 91.3 Å². The van der Waals surface area contributed by atoms with Gasteiger partial charge in [0.15, 0.2) is 0 Å². The first-order chi connectivity index (χ1) is 9.15. The Morgan fingerprint density at radius 3 is 2.74 bits per heavy atom. The lowest BCUT2D eigenvalue weighted by Crippen LogP contribution is -2.40. The van der Waals surface area contributed by atoms with Gasteiger partial charge in [-0.3, -0.25) is 4.98 Å². The summed E-state index contributed by atoms with van der Waals surface area (Å²) in [6, 6.07) is 1.25.